The summed E-state index contributed by atoms with van der Waals surface area (Å²) >= 11 is 0. The molecule has 4 heteroatoms. The first-order chi connectivity index (χ1) is 11.1. The molecule has 0 spiro atoms. The Kier molecular flexibility index (Phi) is 6.51. The summed E-state index contributed by atoms with van der Waals surface area (Å²) < 4.78 is 10.5. The van der Waals surface area contributed by atoms with Crippen LogP contribution in [-0.4, -0.2) is 24.8 Å². The summed E-state index contributed by atoms with van der Waals surface area (Å²) in [5.74, 6) is 0.682. The van der Waals surface area contributed by atoms with E-state index in [0.29, 0.717) is 24.7 Å². The maximum Gasteiger partial charge on any atom is 0.342 e. The first-order valence-electron chi connectivity index (χ1n) is 8.33. The molecule has 1 aliphatic heterocycles. The quantitative estimate of drug-likeness (QED) is 0.621. The van der Waals surface area contributed by atoms with Crippen LogP contribution in [0.2, 0.25) is 0 Å². The highest BCUT2D eigenvalue weighted by molar-refractivity contribution is 5.94. The van der Waals surface area contributed by atoms with Gasteiger partial charge in [-0.05, 0) is 49.7 Å². The second-order valence-electron chi connectivity index (χ2n) is 6.15. The number of phenols is 1. The third-order valence-corrected chi connectivity index (χ3v) is 4.27. The van der Waals surface area contributed by atoms with Crippen molar-refractivity contribution in [2.75, 3.05) is 13.7 Å². The van der Waals surface area contributed by atoms with Crippen LogP contribution in [0.3, 0.4) is 0 Å². The smallest absolute Gasteiger partial charge is 0.342 e. The van der Waals surface area contributed by atoms with Gasteiger partial charge in [-0.3, -0.25) is 0 Å². The zero-order valence-corrected chi connectivity index (χ0v) is 14.0. The van der Waals surface area contributed by atoms with E-state index in [-0.39, 0.29) is 11.3 Å². The lowest BCUT2D eigenvalue weighted by molar-refractivity contribution is 0.0507. The molecule has 1 aliphatic rings. The van der Waals surface area contributed by atoms with Gasteiger partial charge in [0.05, 0.1) is 13.7 Å². The van der Waals surface area contributed by atoms with Crippen molar-refractivity contribution in [1.29, 1.82) is 0 Å². The van der Waals surface area contributed by atoms with Gasteiger partial charge >= 0.3 is 5.97 Å². The maximum absolute atomic E-state index is 12.3. The lowest BCUT2D eigenvalue weighted by Gasteiger charge is -2.15. The fourth-order valence-electron chi connectivity index (χ4n) is 2.90. The lowest BCUT2D eigenvalue weighted by atomic mass is 9.94. The van der Waals surface area contributed by atoms with E-state index in [1.54, 1.807) is 7.11 Å². The normalized spacial score (nSPS) is 21.7. The molecule has 0 unspecified atom stereocenters. The van der Waals surface area contributed by atoms with E-state index in [0.717, 1.165) is 31.2 Å². The largest absolute Gasteiger partial charge is 0.507 e. The van der Waals surface area contributed by atoms with Gasteiger partial charge in [-0.1, -0.05) is 25.5 Å². The van der Waals surface area contributed by atoms with Crippen molar-refractivity contribution >= 4 is 5.97 Å². The minimum atomic E-state index is -0.460. The number of benzene rings is 1. The molecule has 0 aromatic heterocycles. The fourth-order valence-corrected chi connectivity index (χ4v) is 2.90. The Balaban J connectivity index is 2.26. The lowest BCUT2D eigenvalue weighted by Crippen LogP contribution is -2.10. The summed E-state index contributed by atoms with van der Waals surface area (Å²) in [6.45, 7) is 2.59. The number of rotatable bonds is 1. The number of carbonyl (C=O) groups excluding carboxylic acids is 1. The Morgan fingerprint density at radius 2 is 2.00 bits per heavy atom. The molecule has 0 bridgehead atoms. The van der Waals surface area contributed by atoms with E-state index in [1.807, 2.05) is 6.07 Å². The van der Waals surface area contributed by atoms with Gasteiger partial charge in [-0.2, -0.15) is 0 Å². The molecule has 0 saturated heterocycles. The number of hydrogen-bond acceptors (Lipinski definition) is 4. The van der Waals surface area contributed by atoms with Crippen LogP contribution in [0.15, 0.2) is 24.3 Å². The van der Waals surface area contributed by atoms with Crippen LogP contribution in [0.1, 0.15) is 54.9 Å². The van der Waals surface area contributed by atoms with Crippen molar-refractivity contribution < 1.29 is 19.4 Å². The number of aromatic hydroxyl groups is 1. The van der Waals surface area contributed by atoms with Crippen molar-refractivity contribution in [2.45, 2.75) is 45.4 Å². The van der Waals surface area contributed by atoms with Gasteiger partial charge in [0, 0.05) is 6.07 Å². The zero-order valence-electron chi connectivity index (χ0n) is 14.0. The third kappa shape index (κ3) is 5.02. The first kappa shape index (κ1) is 17.4. The van der Waals surface area contributed by atoms with Crippen LogP contribution < -0.4 is 4.74 Å². The molecule has 1 atom stereocenters. The highest BCUT2D eigenvalue weighted by Crippen LogP contribution is 2.30. The van der Waals surface area contributed by atoms with Gasteiger partial charge in [0.2, 0.25) is 0 Å². The molecule has 1 heterocycles. The van der Waals surface area contributed by atoms with Crippen molar-refractivity contribution in [3.8, 4) is 11.5 Å². The topological polar surface area (TPSA) is 55.8 Å². The van der Waals surface area contributed by atoms with E-state index in [1.165, 1.54) is 12.5 Å². The number of ether oxygens (including phenoxy) is 2. The number of fused-ring (bicyclic) bond motifs is 1. The van der Waals surface area contributed by atoms with Crippen LogP contribution in [0.5, 0.6) is 11.5 Å². The van der Waals surface area contributed by atoms with Crippen molar-refractivity contribution in [1.82, 2.24) is 0 Å². The highest BCUT2D eigenvalue weighted by Gasteiger charge is 2.19. The number of phenolic OH excluding ortho intramolecular Hbond substituents is 1. The average Bonchev–Trinajstić information content (AvgIpc) is 2.52. The molecule has 4 nitrogen and oxygen atoms in total. The van der Waals surface area contributed by atoms with Crippen molar-refractivity contribution in [3.63, 3.8) is 0 Å². The Morgan fingerprint density at radius 3 is 2.78 bits per heavy atom. The van der Waals surface area contributed by atoms with E-state index < -0.39 is 5.97 Å². The molecule has 1 aromatic rings. The molecule has 0 saturated carbocycles. The molecule has 0 amide bonds. The molecule has 0 radical (unpaired) electrons. The SMILES string of the molecule is COc1cc(O)c2c(c1)CCC[C@H](C)CC/C=C/CCOC2=O. The van der Waals surface area contributed by atoms with E-state index in [2.05, 4.69) is 19.1 Å². The van der Waals surface area contributed by atoms with Gasteiger partial charge in [-0.15, -0.1) is 0 Å². The molecule has 1 N–H and O–H groups in total. The first-order valence-corrected chi connectivity index (χ1v) is 8.33. The second kappa shape index (κ2) is 8.61. The van der Waals surface area contributed by atoms with Crippen LogP contribution >= 0.6 is 0 Å². The minimum absolute atomic E-state index is 0.0694. The van der Waals surface area contributed by atoms with Gasteiger partial charge in [0.15, 0.2) is 0 Å². The second-order valence-corrected chi connectivity index (χ2v) is 6.15. The molecular weight excluding hydrogens is 292 g/mol. The number of methoxy groups -OCH3 is 1. The molecule has 2 rings (SSSR count). The standard InChI is InChI=1S/C19H26O4/c1-14-8-5-3-4-6-11-23-19(21)18-15(10-7-9-14)12-16(22-2)13-17(18)20/h3-4,12-14,20H,5-11H2,1-2H3/b4-3+/t14-/m1/s1. The molecular formula is C19H26O4. The van der Waals surface area contributed by atoms with Crippen molar-refractivity contribution in [2.24, 2.45) is 5.92 Å². The Labute approximate surface area is 138 Å². The molecule has 1 aromatic carbocycles. The minimum Gasteiger partial charge on any atom is -0.507 e. The summed E-state index contributed by atoms with van der Waals surface area (Å²) in [4.78, 5) is 12.3. The van der Waals surface area contributed by atoms with Gasteiger partial charge in [0.1, 0.15) is 17.1 Å². The van der Waals surface area contributed by atoms with Crippen molar-refractivity contribution in [3.05, 3.63) is 35.4 Å². The Bertz CT molecular complexity index is 563. The van der Waals surface area contributed by atoms with Gasteiger partial charge in [0.25, 0.3) is 0 Å². The zero-order chi connectivity index (χ0) is 16.7. The maximum atomic E-state index is 12.3. The Morgan fingerprint density at radius 1 is 1.22 bits per heavy atom. The predicted molar refractivity (Wildman–Crippen MR) is 90.0 cm³/mol. The number of cyclic esters (lactones) is 1. The third-order valence-electron chi connectivity index (χ3n) is 4.27. The molecule has 0 aliphatic carbocycles. The van der Waals surface area contributed by atoms with Gasteiger partial charge in [-0.25, -0.2) is 4.79 Å². The molecule has 0 fully saturated rings. The number of carbonyl (C=O) groups is 1. The molecule has 23 heavy (non-hydrogen) atoms. The number of esters is 1. The summed E-state index contributed by atoms with van der Waals surface area (Å²) in [7, 11) is 1.55. The van der Waals surface area contributed by atoms with Crippen LogP contribution in [0.4, 0.5) is 0 Å². The van der Waals surface area contributed by atoms with Crippen LogP contribution in [0, 0.1) is 5.92 Å². The summed E-state index contributed by atoms with van der Waals surface area (Å²) in [5, 5.41) is 10.2. The summed E-state index contributed by atoms with van der Waals surface area (Å²) in [6, 6.07) is 3.29. The number of aryl methyl sites for hydroxylation is 1. The molecule has 126 valence electrons. The Hall–Kier alpha value is -1.97. The van der Waals surface area contributed by atoms with E-state index >= 15 is 0 Å². The van der Waals surface area contributed by atoms with Gasteiger partial charge < -0.3 is 14.6 Å². The van der Waals surface area contributed by atoms with E-state index in [4.69, 9.17) is 9.47 Å². The van der Waals surface area contributed by atoms with Crippen LogP contribution in [0.25, 0.3) is 0 Å². The summed E-state index contributed by atoms with van der Waals surface area (Å²) in [5.41, 5.74) is 1.08. The summed E-state index contributed by atoms with van der Waals surface area (Å²) in [6.07, 6.45) is 9.96. The van der Waals surface area contributed by atoms with E-state index in [9.17, 15) is 9.90 Å². The highest BCUT2D eigenvalue weighted by atomic mass is 16.5. The predicted octanol–water partition coefficient (Wildman–Crippen LogP) is 4.26. The monoisotopic (exact) mass is 318 g/mol. The number of allylic oxidation sites excluding steroid dienone is 1. The van der Waals surface area contributed by atoms with Crippen LogP contribution in [-0.2, 0) is 11.2 Å². The average molecular weight is 318 g/mol. The number of hydrogen-bond donors (Lipinski definition) is 1. The fraction of sp³-hybridized carbons (Fsp3) is 0.526.